The summed E-state index contributed by atoms with van der Waals surface area (Å²) in [6, 6.07) is 9.06. The predicted molar refractivity (Wildman–Crippen MR) is 82.7 cm³/mol. The van der Waals surface area contributed by atoms with E-state index >= 15 is 0 Å². The maximum atomic E-state index is 6.11. The number of pyridine rings is 1. The van der Waals surface area contributed by atoms with Crippen LogP contribution in [0.4, 0.5) is 0 Å². The van der Waals surface area contributed by atoms with Gasteiger partial charge in [-0.1, -0.05) is 42.6 Å². The van der Waals surface area contributed by atoms with Crippen LogP contribution in [0.15, 0.2) is 30.3 Å². The van der Waals surface area contributed by atoms with E-state index in [1.807, 2.05) is 12.1 Å². The third kappa shape index (κ3) is 3.63. The first-order chi connectivity index (χ1) is 9.63. The lowest BCUT2D eigenvalue weighted by molar-refractivity contribution is 0.460. The Morgan fingerprint density at radius 2 is 2.05 bits per heavy atom. The van der Waals surface area contributed by atoms with Crippen LogP contribution in [0.2, 0.25) is 10.0 Å². The summed E-state index contributed by atoms with van der Waals surface area (Å²) < 4.78 is 5.74. The minimum atomic E-state index is 0.381. The number of hydrogen-bond donors (Lipinski definition) is 1. The van der Waals surface area contributed by atoms with Gasteiger partial charge in [0.2, 0.25) is 5.88 Å². The number of halogens is 2. The van der Waals surface area contributed by atoms with Crippen molar-refractivity contribution in [1.82, 2.24) is 4.98 Å². The highest BCUT2D eigenvalue weighted by Gasteiger charge is 2.09. The average molecular weight is 311 g/mol. The normalized spacial score (nSPS) is 10.6. The number of benzene rings is 1. The summed E-state index contributed by atoms with van der Waals surface area (Å²) in [4.78, 5) is 4.46. The number of ether oxygens (including phenoxy) is 1. The molecule has 0 amide bonds. The third-order valence-corrected chi connectivity index (χ3v) is 3.59. The first-order valence-electron chi connectivity index (χ1n) is 6.45. The number of nitrogens with two attached hydrogens (primary N) is 1. The number of nitrogens with zero attached hydrogens (tertiary/aromatic N) is 1. The van der Waals surface area contributed by atoms with Crippen LogP contribution in [0, 0.1) is 0 Å². The summed E-state index contributed by atoms with van der Waals surface area (Å²) >= 11 is 12.1. The van der Waals surface area contributed by atoms with Gasteiger partial charge in [-0.05, 0) is 30.2 Å². The molecule has 0 saturated heterocycles. The Morgan fingerprint density at radius 1 is 1.25 bits per heavy atom. The number of aryl methyl sites for hydroxylation is 1. The van der Waals surface area contributed by atoms with E-state index < -0.39 is 0 Å². The molecule has 0 aliphatic carbocycles. The van der Waals surface area contributed by atoms with E-state index in [9.17, 15) is 0 Å². The highest BCUT2D eigenvalue weighted by Crippen LogP contribution is 2.34. The minimum Gasteiger partial charge on any atom is -0.437 e. The number of hydrogen-bond acceptors (Lipinski definition) is 3. The van der Waals surface area contributed by atoms with Gasteiger partial charge in [-0.25, -0.2) is 4.98 Å². The average Bonchev–Trinajstić information content (AvgIpc) is 2.44. The first kappa shape index (κ1) is 15.1. The zero-order chi connectivity index (χ0) is 14.5. The maximum Gasteiger partial charge on any atom is 0.219 e. The molecule has 0 aliphatic rings. The summed E-state index contributed by atoms with van der Waals surface area (Å²) in [5.41, 5.74) is 7.65. The quantitative estimate of drug-likeness (QED) is 0.878. The van der Waals surface area contributed by atoms with Crippen LogP contribution in [-0.4, -0.2) is 4.98 Å². The van der Waals surface area contributed by atoms with Crippen LogP contribution in [0.1, 0.15) is 24.6 Å². The fraction of sp³-hybridized carbons (Fsp3) is 0.267. The molecule has 1 aromatic carbocycles. The molecule has 1 aromatic heterocycles. The van der Waals surface area contributed by atoms with Crippen molar-refractivity contribution in [3.63, 3.8) is 0 Å². The van der Waals surface area contributed by atoms with E-state index in [0.29, 0.717) is 28.2 Å². The van der Waals surface area contributed by atoms with Crippen molar-refractivity contribution >= 4 is 23.2 Å². The van der Waals surface area contributed by atoms with E-state index in [1.165, 1.54) is 0 Å². The van der Waals surface area contributed by atoms with Crippen molar-refractivity contribution < 1.29 is 4.74 Å². The van der Waals surface area contributed by atoms with Gasteiger partial charge in [0.1, 0.15) is 10.8 Å². The molecule has 0 saturated carbocycles. The second-order valence-corrected chi connectivity index (χ2v) is 5.20. The Morgan fingerprint density at radius 3 is 2.75 bits per heavy atom. The number of aromatic nitrogens is 1. The molecule has 0 aliphatic heterocycles. The van der Waals surface area contributed by atoms with Gasteiger partial charge in [-0.15, -0.1) is 0 Å². The molecular formula is C15H16Cl2N2O. The number of rotatable bonds is 5. The molecule has 0 atom stereocenters. The fourth-order valence-electron chi connectivity index (χ4n) is 1.85. The summed E-state index contributed by atoms with van der Waals surface area (Å²) in [6.45, 7) is 2.55. The van der Waals surface area contributed by atoms with Gasteiger partial charge < -0.3 is 10.5 Å². The van der Waals surface area contributed by atoms with E-state index in [1.54, 1.807) is 18.2 Å². The summed E-state index contributed by atoms with van der Waals surface area (Å²) in [7, 11) is 0. The van der Waals surface area contributed by atoms with Crippen LogP contribution in [0.3, 0.4) is 0 Å². The van der Waals surface area contributed by atoms with E-state index in [2.05, 4.69) is 11.9 Å². The van der Waals surface area contributed by atoms with Gasteiger partial charge in [0, 0.05) is 18.3 Å². The molecule has 2 rings (SSSR count). The summed E-state index contributed by atoms with van der Waals surface area (Å²) in [6.07, 6.45) is 1.89. The molecule has 106 valence electrons. The van der Waals surface area contributed by atoms with E-state index in [-0.39, 0.29) is 0 Å². The van der Waals surface area contributed by atoms with E-state index in [0.717, 1.165) is 24.1 Å². The molecule has 3 nitrogen and oxygen atoms in total. The third-order valence-electron chi connectivity index (χ3n) is 2.79. The zero-order valence-corrected chi connectivity index (χ0v) is 12.7. The Balaban J connectivity index is 2.32. The molecule has 0 unspecified atom stereocenters. The van der Waals surface area contributed by atoms with Gasteiger partial charge in [0.15, 0.2) is 0 Å². The van der Waals surface area contributed by atoms with Gasteiger partial charge in [0.25, 0.3) is 0 Å². The van der Waals surface area contributed by atoms with Gasteiger partial charge in [0.05, 0.1) is 5.02 Å². The van der Waals surface area contributed by atoms with Crippen LogP contribution >= 0.6 is 23.2 Å². The second-order valence-electron chi connectivity index (χ2n) is 4.41. The highest BCUT2D eigenvalue weighted by molar-refractivity contribution is 6.42. The summed E-state index contributed by atoms with van der Waals surface area (Å²) in [5, 5.41) is 0.832. The Labute approximate surface area is 128 Å². The van der Waals surface area contributed by atoms with Crippen molar-refractivity contribution in [3.05, 3.63) is 51.6 Å². The highest BCUT2D eigenvalue weighted by atomic mass is 35.5. The van der Waals surface area contributed by atoms with Crippen LogP contribution in [0.5, 0.6) is 11.6 Å². The molecule has 0 radical (unpaired) electrons. The Kier molecular flexibility index (Phi) is 5.24. The van der Waals surface area contributed by atoms with Crippen LogP contribution in [0.25, 0.3) is 0 Å². The maximum absolute atomic E-state index is 6.11. The molecular weight excluding hydrogens is 295 g/mol. The van der Waals surface area contributed by atoms with Gasteiger partial charge >= 0.3 is 0 Å². The zero-order valence-electron chi connectivity index (χ0n) is 11.2. The molecule has 5 heteroatoms. The van der Waals surface area contributed by atoms with Crippen molar-refractivity contribution in [3.8, 4) is 11.6 Å². The minimum absolute atomic E-state index is 0.381. The van der Waals surface area contributed by atoms with E-state index in [4.69, 9.17) is 33.7 Å². The molecule has 0 spiro atoms. The Hall–Kier alpha value is -1.29. The fourth-order valence-corrected chi connectivity index (χ4v) is 2.18. The largest absolute Gasteiger partial charge is 0.437 e. The van der Waals surface area contributed by atoms with Crippen molar-refractivity contribution in [1.29, 1.82) is 0 Å². The smallest absolute Gasteiger partial charge is 0.219 e. The second kappa shape index (κ2) is 6.93. The molecule has 2 aromatic rings. The lowest BCUT2D eigenvalue weighted by Crippen LogP contribution is -2.01. The lowest BCUT2D eigenvalue weighted by Gasteiger charge is -2.10. The predicted octanol–water partition coefficient (Wildman–Crippen LogP) is 4.59. The van der Waals surface area contributed by atoms with Crippen molar-refractivity contribution in [2.45, 2.75) is 26.3 Å². The van der Waals surface area contributed by atoms with Crippen molar-refractivity contribution in [2.75, 3.05) is 0 Å². The van der Waals surface area contributed by atoms with Crippen LogP contribution < -0.4 is 10.5 Å². The molecule has 2 N–H and O–H groups in total. The topological polar surface area (TPSA) is 48.1 Å². The summed E-state index contributed by atoms with van der Waals surface area (Å²) in [5.74, 6) is 0.976. The lowest BCUT2D eigenvalue weighted by atomic mass is 10.1. The first-order valence-corrected chi connectivity index (χ1v) is 7.21. The van der Waals surface area contributed by atoms with Crippen molar-refractivity contribution in [2.24, 2.45) is 5.73 Å². The van der Waals surface area contributed by atoms with Gasteiger partial charge in [-0.2, -0.15) is 0 Å². The SMILES string of the molecule is CCCc1cc(CN)cc(Oc2cccc(Cl)c2Cl)n1. The standard InChI is InChI=1S/C15H16Cl2N2O/c1-2-4-11-7-10(9-18)8-14(19-11)20-13-6-3-5-12(16)15(13)17/h3,5-8H,2,4,9,18H2,1H3. The monoisotopic (exact) mass is 310 g/mol. The molecule has 20 heavy (non-hydrogen) atoms. The molecule has 1 heterocycles. The van der Waals surface area contributed by atoms with Gasteiger partial charge in [-0.3, -0.25) is 0 Å². The molecule has 0 bridgehead atoms. The Bertz CT molecular complexity index is 602. The van der Waals surface area contributed by atoms with Crippen LogP contribution in [-0.2, 0) is 13.0 Å². The molecule has 0 fully saturated rings.